The number of hydrogen-bond donors (Lipinski definition) is 2. The summed E-state index contributed by atoms with van der Waals surface area (Å²) in [7, 11) is -3.49. The number of rotatable bonds is 6. The normalized spacial score (nSPS) is 11.1. The average molecular weight is 307 g/mol. The summed E-state index contributed by atoms with van der Waals surface area (Å²) in [5, 5.41) is 0. The lowest BCUT2D eigenvalue weighted by atomic mass is 10.3. The first-order valence-corrected chi connectivity index (χ1v) is 8.01. The molecule has 0 unspecified atom stereocenters. The van der Waals surface area contributed by atoms with Crippen LogP contribution in [0.2, 0.25) is 0 Å². The number of sulfonamides is 1. The van der Waals surface area contributed by atoms with E-state index in [9.17, 15) is 8.42 Å². The van der Waals surface area contributed by atoms with Crippen LogP contribution in [0.25, 0.3) is 0 Å². The first-order valence-electron chi connectivity index (χ1n) is 6.36. The van der Waals surface area contributed by atoms with Crippen LogP contribution in [0.5, 0.6) is 5.75 Å². The summed E-state index contributed by atoms with van der Waals surface area (Å²) >= 11 is 0. The summed E-state index contributed by atoms with van der Waals surface area (Å²) in [6.45, 7) is 1.93. The number of benzene rings is 1. The maximum atomic E-state index is 11.9. The highest BCUT2D eigenvalue weighted by atomic mass is 32.2. The van der Waals surface area contributed by atoms with Gasteiger partial charge < -0.3 is 10.5 Å². The van der Waals surface area contributed by atoms with Crippen molar-refractivity contribution in [1.82, 2.24) is 4.98 Å². The van der Waals surface area contributed by atoms with Gasteiger partial charge in [0.1, 0.15) is 23.9 Å². The molecule has 3 N–H and O–H groups in total. The second kappa shape index (κ2) is 6.45. The van der Waals surface area contributed by atoms with E-state index in [-0.39, 0.29) is 12.4 Å². The quantitative estimate of drug-likeness (QED) is 0.793. The summed E-state index contributed by atoms with van der Waals surface area (Å²) < 4.78 is 31.5. The highest BCUT2D eigenvalue weighted by Gasteiger charge is 2.11. The van der Waals surface area contributed by atoms with E-state index in [0.29, 0.717) is 17.3 Å². The molecular weight excluding hydrogens is 290 g/mol. The number of pyridine rings is 1. The molecule has 0 aliphatic rings. The third kappa shape index (κ3) is 4.96. The van der Waals surface area contributed by atoms with Crippen LogP contribution in [0.15, 0.2) is 42.6 Å². The molecule has 1 heterocycles. The van der Waals surface area contributed by atoms with Crippen molar-refractivity contribution in [2.75, 3.05) is 22.8 Å². The molecule has 0 radical (unpaired) electrons. The van der Waals surface area contributed by atoms with Crippen LogP contribution in [0, 0.1) is 6.92 Å². The number of anilines is 2. The highest BCUT2D eigenvalue weighted by Crippen LogP contribution is 2.13. The van der Waals surface area contributed by atoms with E-state index in [2.05, 4.69) is 9.71 Å². The number of nitrogens with zero attached hydrogens (tertiary/aromatic N) is 1. The smallest absolute Gasteiger partial charge is 0.237 e. The Balaban J connectivity index is 1.86. The zero-order valence-electron chi connectivity index (χ0n) is 11.6. The zero-order valence-corrected chi connectivity index (χ0v) is 12.4. The fourth-order valence-corrected chi connectivity index (χ4v) is 2.42. The summed E-state index contributed by atoms with van der Waals surface area (Å²) in [4.78, 5) is 3.99. The van der Waals surface area contributed by atoms with Gasteiger partial charge in [-0.2, -0.15) is 0 Å². The number of nitrogens with one attached hydrogen (secondary N) is 1. The average Bonchev–Trinajstić information content (AvgIpc) is 2.43. The van der Waals surface area contributed by atoms with Gasteiger partial charge in [0.2, 0.25) is 10.0 Å². The minimum Gasteiger partial charge on any atom is -0.492 e. The summed E-state index contributed by atoms with van der Waals surface area (Å²) in [6.07, 6.45) is 1.60. The second-order valence-electron chi connectivity index (χ2n) is 4.56. The van der Waals surface area contributed by atoms with Crippen molar-refractivity contribution in [3.05, 3.63) is 48.2 Å². The van der Waals surface area contributed by atoms with Crippen molar-refractivity contribution < 1.29 is 13.2 Å². The van der Waals surface area contributed by atoms with Gasteiger partial charge in [-0.15, -0.1) is 0 Å². The van der Waals surface area contributed by atoms with E-state index >= 15 is 0 Å². The Hall–Kier alpha value is -2.28. The summed E-state index contributed by atoms with van der Waals surface area (Å²) in [5.41, 5.74) is 7.14. The molecule has 2 rings (SSSR count). The fraction of sp³-hybridized carbons (Fsp3) is 0.214. The van der Waals surface area contributed by atoms with Gasteiger partial charge >= 0.3 is 0 Å². The maximum absolute atomic E-state index is 11.9. The Morgan fingerprint density at radius 1 is 1.19 bits per heavy atom. The molecule has 0 saturated carbocycles. The fourth-order valence-electron chi connectivity index (χ4n) is 1.57. The molecule has 0 atom stereocenters. The third-order valence-electron chi connectivity index (χ3n) is 2.67. The molecule has 0 aliphatic carbocycles. The largest absolute Gasteiger partial charge is 0.492 e. The Morgan fingerprint density at radius 3 is 2.52 bits per heavy atom. The number of nitrogen functional groups attached to an aromatic ring is 1. The van der Waals surface area contributed by atoms with Gasteiger partial charge in [0, 0.05) is 11.9 Å². The predicted molar refractivity (Wildman–Crippen MR) is 82.7 cm³/mol. The lowest BCUT2D eigenvalue weighted by Crippen LogP contribution is -2.21. The van der Waals surface area contributed by atoms with E-state index in [4.69, 9.17) is 10.5 Å². The van der Waals surface area contributed by atoms with E-state index in [1.54, 1.807) is 42.6 Å². The molecule has 0 spiro atoms. The van der Waals surface area contributed by atoms with Crippen molar-refractivity contribution in [1.29, 1.82) is 0 Å². The Bertz CT molecular complexity index is 682. The first kappa shape index (κ1) is 15.1. The molecule has 0 fully saturated rings. The number of aromatic nitrogens is 1. The zero-order chi connectivity index (χ0) is 15.3. The van der Waals surface area contributed by atoms with E-state index in [1.165, 1.54) is 0 Å². The van der Waals surface area contributed by atoms with Gasteiger partial charge in [0.05, 0.1) is 0 Å². The van der Waals surface area contributed by atoms with Gasteiger partial charge in [-0.3, -0.25) is 4.72 Å². The monoisotopic (exact) mass is 307 g/mol. The highest BCUT2D eigenvalue weighted by molar-refractivity contribution is 7.92. The van der Waals surface area contributed by atoms with Gasteiger partial charge in [0.25, 0.3) is 0 Å². The molecule has 0 saturated heterocycles. The van der Waals surface area contributed by atoms with Crippen molar-refractivity contribution in [2.24, 2.45) is 0 Å². The van der Waals surface area contributed by atoms with Crippen LogP contribution in [0.3, 0.4) is 0 Å². The van der Waals surface area contributed by atoms with Gasteiger partial charge in [0.15, 0.2) is 0 Å². The molecule has 2 aromatic rings. The van der Waals surface area contributed by atoms with Crippen LogP contribution in [0.1, 0.15) is 5.56 Å². The minimum absolute atomic E-state index is 0.0467. The van der Waals surface area contributed by atoms with Crippen LogP contribution < -0.4 is 15.2 Å². The third-order valence-corrected chi connectivity index (χ3v) is 3.90. The van der Waals surface area contributed by atoms with Crippen LogP contribution in [-0.2, 0) is 10.0 Å². The van der Waals surface area contributed by atoms with E-state index < -0.39 is 10.0 Å². The van der Waals surface area contributed by atoms with Crippen LogP contribution >= 0.6 is 0 Å². The van der Waals surface area contributed by atoms with Crippen molar-refractivity contribution in [3.8, 4) is 5.75 Å². The van der Waals surface area contributed by atoms with Gasteiger partial charge in [-0.25, -0.2) is 13.4 Å². The first-order chi connectivity index (χ1) is 9.94. The van der Waals surface area contributed by atoms with Crippen LogP contribution in [0.4, 0.5) is 11.5 Å². The minimum atomic E-state index is -3.49. The van der Waals surface area contributed by atoms with Crippen molar-refractivity contribution in [3.63, 3.8) is 0 Å². The second-order valence-corrected chi connectivity index (χ2v) is 6.40. The molecule has 7 heteroatoms. The topological polar surface area (TPSA) is 94.3 Å². The molecule has 1 aromatic heterocycles. The number of hydrogen-bond acceptors (Lipinski definition) is 5. The Labute approximate surface area is 124 Å². The maximum Gasteiger partial charge on any atom is 0.237 e. The van der Waals surface area contributed by atoms with Gasteiger partial charge in [-0.1, -0.05) is 6.07 Å². The summed E-state index contributed by atoms with van der Waals surface area (Å²) in [5.74, 6) is 0.716. The molecule has 21 heavy (non-hydrogen) atoms. The molecule has 6 nitrogen and oxygen atoms in total. The Morgan fingerprint density at radius 2 is 1.90 bits per heavy atom. The summed E-state index contributed by atoms with van der Waals surface area (Å²) in [6, 6.07) is 10.2. The lowest BCUT2D eigenvalue weighted by molar-refractivity contribution is 0.341. The standard InChI is InChI=1S/C14H17N3O3S/c1-11-2-7-14(16-10-11)17-21(18,19)9-8-20-13-5-3-12(15)4-6-13/h2-7,10H,8-9,15H2,1H3,(H,16,17). The molecular formula is C14H17N3O3S. The number of aryl methyl sites for hydroxylation is 1. The molecule has 0 amide bonds. The Kier molecular flexibility index (Phi) is 4.64. The van der Waals surface area contributed by atoms with Crippen LogP contribution in [-0.4, -0.2) is 25.8 Å². The SMILES string of the molecule is Cc1ccc(NS(=O)(=O)CCOc2ccc(N)cc2)nc1. The van der Waals surface area contributed by atoms with E-state index in [0.717, 1.165) is 5.56 Å². The lowest BCUT2D eigenvalue weighted by Gasteiger charge is -2.09. The molecule has 1 aromatic carbocycles. The number of ether oxygens (including phenoxy) is 1. The van der Waals surface area contributed by atoms with Crippen molar-refractivity contribution in [2.45, 2.75) is 6.92 Å². The number of nitrogens with two attached hydrogens (primary N) is 1. The van der Waals surface area contributed by atoms with Gasteiger partial charge in [-0.05, 0) is 42.8 Å². The predicted octanol–water partition coefficient (Wildman–Crippen LogP) is 1.79. The molecule has 0 aliphatic heterocycles. The van der Waals surface area contributed by atoms with E-state index in [1.807, 2.05) is 6.92 Å². The molecule has 112 valence electrons. The van der Waals surface area contributed by atoms with Crippen molar-refractivity contribution >= 4 is 21.5 Å². The molecule has 0 bridgehead atoms.